The van der Waals surface area contributed by atoms with Gasteiger partial charge < -0.3 is 20.7 Å². The lowest BCUT2D eigenvalue weighted by Crippen LogP contribution is -2.41. The van der Waals surface area contributed by atoms with Crippen molar-refractivity contribution in [1.82, 2.24) is 19.8 Å². The molecular formula is C21H24ClN5O5. The molecule has 4 rings (SSSR count). The molecule has 2 heterocycles. The van der Waals surface area contributed by atoms with Crippen molar-refractivity contribution in [2.45, 2.75) is 18.9 Å². The fourth-order valence-corrected chi connectivity index (χ4v) is 4.32. The first kappa shape index (κ1) is 23.5. The number of nitro groups is 1. The average molecular weight is 462 g/mol. The number of amides is 1. The smallest absolute Gasteiger partial charge is 0.326 e. The number of hydrogen-bond acceptors (Lipinski definition) is 5. The summed E-state index contributed by atoms with van der Waals surface area (Å²) in [5, 5.41) is 13.6. The van der Waals surface area contributed by atoms with Crippen molar-refractivity contribution >= 4 is 34.2 Å². The molecule has 1 aliphatic heterocycles. The maximum absolute atomic E-state index is 12.4. The highest BCUT2D eigenvalue weighted by Gasteiger charge is 2.23. The van der Waals surface area contributed by atoms with E-state index in [0.717, 1.165) is 37.0 Å². The number of H-pyrrole nitrogens is 1. The number of nitro benzene ring substituents is 1. The van der Waals surface area contributed by atoms with Crippen LogP contribution >= 0.6 is 11.6 Å². The van der Waals surface area contributed by atoms with Crippen LogP contribution in [0.25, 0.3) is 11.0 Å². The van der Waals surface area contributed by atoms with Crippen molar-refractivity contribution in [3.63, 3.8) is 0 Å². The van der Waals surface area contributed by atoms with Crippen LogP contribution in [0.1, 0.15) is 29.2 Å². The molecule has 4 N–H and O–H groups in total. The van der Waals surface area contributed by atoms with Gasteiger partial charge in [-0.3, -0.25) is 19.5 Å². The largest absolute Gasteiger partial charge is 0.412 e. The number of benzene rings is 2. The van der Waals surface area contributed by atoms with Crippen LogP contribution in [0.3, 0.4) is 0 Å². The van der Waals surface area contributed by atoms with Crippen molar-refractivity contribution in [3.05, 3.63) is 73.6 Å². The number of likely N-dealkylation sites (tertiary alicyclic amines) is 1. The zero-order valence-corrected chi connectivity index (χ0v) is 18.0. The van der Waals surface area contributed by atoms with Crippen LogP contribution in [0, 0.1) is 10.1 Å². The molecule has 1 fully saturated rings. The molecule has 1 amide bonds. The minimum absolute atomic E-state index is 0. The van der Waals surface area contributed by atoms with Crippen molar-refractivity contribution < 1.29 is 15.2 Å². The van der Waals surface area contributed by atoms with Gasteiger partial charge in [0, 0.05) is 44.4 Å². The number of carbonyl (C=O) groups is 1. The molecule has 0 spiro atoms. The fourth-order valence-electron chi connectivity index (χ4n) is 4.06. The number of fused-ring (bicyclic) bond motifs is 1. The molecule has 10 nitrogen and oxygen atoms in total. The molecule has 1 aromatic heterocycles. The standard InChI is InChI=1S/C21H22ClN5O4.H2O/c22-17-13-15(27(30)31)5-6-16(17)20(28)23-9-12-25-10-7-14(8-11-25)26-19-4-2-1-3-18(19)24-21(26)29;/h1-6,13-14H,7-12H2,(H,23,28)(H,24,29);1H2. The van der Waals surface area contributed by atoms with Crippen LogP contribution in [0.2, 0.25) is 5.02 Å². The summed E-state index contributed by atoms with van der Waals surface area (Å²) in [6.45, 7) is 2.76. The molecule has 3 aromatic rings. The van der Waals surface area contributed by atoms with E-state index in [1.54, 1.807) is 0 Å². The molecule has 0 radical (unpaired) electrons. The van der Waals surface area contributed by atoms with E-state index in [2.05, 4.69) is 15.2 Å². The molecule has 0 saturated carbocycles. The average Bonchev–Trinajstić information content (AvgIpc) is 3.09. The van der Waals surface area contributed by atoms with Gasteiger partial charge >= 0.3 is 5.69 Å². The van der Waals surface area contributed by atoms with Crippen LogP contribution in [-0.2, 0) is 0 Å². The van der Waals surface area contributed by atoms with E-state index in [0.29, 0.717) is 13.1 Å². The lowest BCUT2D eigenvalue weighted by Gasteiger charge is -2.32. The number of nitrogens with one attached hydrogen (secondary N) is 2. The van der Waals surface area contributed by atoms with Crippen molar-refractivity contribution in [2.75, 3.05) is 26.2 Å². The van der Waals surface area contributed by atoms with E-state index in [9.17, 15) is 19.7 Å². The Hall–Kier alpha value is -3.21. The van der Waals surface area contributed by atoms with Gasteiger partial charge in [-0.15, -0.1) is 0 Å². The summed E-state index contributed by atoms with van der Waals surface area (Å²) < 4.78 is 1.85. The first-order chi connectivity index (χ1) is 14.9. The zero-order valence-electron chi connectivity index (χ0n) is 17.2. The van der Waals surface area contributed by atoms with Crippen LogP contribution in [0.5, 0.6) is 0 Å². The van der Waals surface area contributed by atoms with E-state index in [1.807, 2.05) is 28.8 Å². The lowest BCUT2D eigenvalue weighted by molar-refractivity contribution is -0.384. The van der Waals surface area contributed by atoms with Gasteiger partial charge in [0.15, 0.2) is 0 Å². The molecule has 32 heavy (non-hydrogen) atoms. The van der Waals surface area contributed by atoms with E-state index < -0.39 is 4.92 Å². The number of aromatic nitrogens is 2. The van der Waals surface area contributed by atoms with Gasteiger partial charge in [-0.25, -0.2) is 4.79 Å². The summed E-state index contributed by atoms with van der Waals surface area (Å²) in [5.74, 6) is -0.361. The Morgan fingerprint density at radius 1 is 1.22 bits per heavy atom. The van der Waals surface area contributed by atoms with Gasteiger partial charge in [0.25, 0.3) is 11.6 Å². The number of imidazole rings is 1. The Kier molecular flexibility index (Phi) is 7.29. The fraction of sp³-hybridized carbons (Fsp3) is 0.333. The van der Waals surface area contributed by atoms with Crippen LogP contribution in [0.4, 0.5) is 5.69 Å². The monoisotopic (exact) mass is 461 g/mol. The molecule has 11 heteroatoms. The highest BCUT2D eigenvalue weighted by molar-refractivity contribution is 6.34. The number of non-ortho nitro benzene ring substituents is 1. The quantitative estimate of drug-likeness (QED) is 0.426. The summed E-state index contributed by atoms with van der Waals surface area (Å²) in [6.07, 6.45) is 1.70. The van der Waals surface area contributed by atoms with Crippen molar-refractivity contribution in [2.24, 2.45) is 0 Å². The topological polar surface area (TPSA) is 145 Å². The summed E-state index contributed by atoms with van der Waals surface area (Å²) in [7, 11) is 0. The minimum Gasteiger partial charge on any atom is -0.412 e. The lowest BCUT2D eigenvalue weighted by atomic mass is 10.0. The van der Waals surface area contributed by atoms with Gasteiger partial charge in [-0.05, 0) is 31.0 Å². The molecular weight excluding hydrogens is 438 g/mol. The minimum atomic E-state index is -0.554. The van der Waals surface area contributed by atoms with E-state index in [1.165, 1.54) is 18.2 Å². The Balaban J connectivity index is 0.00000289. The maximum atomic E-state index is 12.4. The first-order valence-electron chi connectivity index (χ1n) is 10.1. The summed E-state index contributed by atoms with van der Waals surface area (Å²) in [5.41, 5.74) is 1.76. The molecule has 0 aliphatic carbocycles. The number of rotatable bonds is 6. The Morgan fingerprint density at radius 2 is 1.94 bits per heavy atom. The summed E-state index contributed by atoms with van der Waals surface area (Å²) in [6, 6.07) is 11.6. The molecule has 0 atom stereocenters. The maximum Gasteiger partial charge on any atom is 0.326 e. The summed E-state index contributed by atoms with van der Waals surface area (Å²) in [4.78, 5) is 40.1. The van der Waals surface area contributed by atoms with E-state index >= 15 is 0 Å². The van der Waals surface area contributed by atoms with Crippen molar-refractivity contribution in [1.29, 1.82) is 0 Å². The second-order valence-electron chi connectivity index (χ2n) is 7.57. The third-order valence-corrected chi connectivity index (χ3v) is 5.98. The molecule has 0 bridgehead atoms. The first-order valence-corrected chi connectivity index (χ1v) is 10.5. The van der Waals surface area contributed by atoms with Gasteiger partial charge in [-0.1, -0.05) is 23.7 Å². The molecule has 2 aromatic carbocycles. The van der Waals surface area contributed by atoms with E-state index in [4.69, 9.17) is 11.6 Å². The molecule has 1 saturated heterocycles. The number of para-hydroxylation sites is 2. The number of carbonyl (C=O) groups excluding carboxylic acids is 1. The number of piperidine rings is 1. The van der Waals surface area contributed by atoms with Gasteiger partial charge in [0.05, 0.1) is 26.5 Å². The SMILES string of the molecule is O.O=C(NCCN1CCC(n2c(=O)[nH]c3ccccc32)CC1)c1ccc([N+](=O)[O-])cc1Cl. The van der Waals surface area contributed by atoms with Crippen LogP contribution < -0.4 is 11.0 Å². The van der Waals surface area contributed by atoms with Crippen molar-refractivity contribution in [3.8, 4) is 0 Å². The predicted octanol–water partition coefficient (Wildman–Crippen LogP) is 2.13. The van der Waals surface area contributed by atoms with Crippen LogP contribution in [-0.4, -0.2) is 56.9 Å². The second-order valence-corrected chi connectivity index (χ2v) is 7.97. The second kappa shape index (κ2) is 9.94. The summed E-state index contributed by atoms with van der Waals surface area (Å²) >= 11 is 6.01. The van der Waals surface area contributed by atoms with E-state index in [-0.39, 0.29) is 39.4 Å². The third kappa shape index (κ3) is 4.82. The number of halogens is 1. The Bertz CT molecular complexity index is 1180. The van der Waals surface area contributed by atoms with Gasteiger partial charge in [0.1, 0.15) is 0 Å². The van der Waals surface area contributed by atoms with Gasteiger partial charge in [-0.2, -0.15) is 0 Å². The van der Waals surface area contributed by atoms with Gasteiger partial charge in [0.2, 0.25) is 0 Å². The number of aromatic amines is 1. The molecule has 170 valence electrons. The Morgan fingerprint density at radius 3 is 2.62 bits per heavy atom. The third-order valence-electron chi connectivity index (χ3n) is 5.67. The number of nitrogens with zero attached hydrogens (tertiary/aromatic N) is 3. The van der Waals surface area contributed by atoms with Crippen LogP contribution in [0.15, 0.2) is 47.3 Å². The number of hydrogen-bond donors (Lipinski definition) is 2. The molecule has 1 aliphatic rings. The predicted molar refractivity (Wildman–Crippen MR) is 121 cm³/mol. The Labute approximate surface area is 188 Å². The highest BCUT2D eigenvalue weighted by Crippen LogP contribution is 2.25. The normalized spacial score (nSPS) is 14.8. The highest BCUT2D eigenvalue weighted by atomic mass is 35.5. The zero-order chi connectivity index (χ0) is 22.0. The molecule has 0 unspecified atom stereocenters.